The zero-order chi connectivity index (χ0) is 34.5. The van der Waals surface area contributed by atoms with Gasteiger partial charge in [-0.1, -0.05) is 0 Å². The summed E-state index contributed by atoms with van der Waals surface area (Å²) in [6.45, 7) is 6.63. The molecule has 2 heterocycles. The Kier molecular flexibility index (Phi) is 10.2. The number of aromatic nitrogens is 6. The number of halogens is 6. The SMILES string of the molecule is CC(C)Oc1cc(-c2ncn(C=CC(=O)OC(=O)C=Cn3cnc(-c4cc(OC(C)C)cc(C(F)(F)F)c4)n3)n2)cc(C(F)(F)F)c1. The molecule has 2 aromatic heterocycles. The molecule has 47 heavy (non-hydrogen) atoms. The van der Waals surface area contributed by atoms with E-state index in [-0.39, 0.29) is 46.5 Å². The first-order valence-corrected chi connectivity index (χ1v) is 13.7. The number of rotatable bonds is 10. The Morgan fingerprint density at radius 1 is 0.660 bits per heavy atom. The highest BCUT2D eigenvalue weighted by Gasteiger charge is 2.33. The zero-order valence-corrected chi connectivity index (χ0v) is 25.1. The second kappa shape index (κ2) is 13.9. The molecule has 0 spiro atoms. The van der Waals surface area contributed by atoms with Crippen molar-refractivity contribution in [2.24, 2.45) is 0 Å². The summed E-state index contributed by atoms with van der Waals surface area (Å²) in [6, 6.07) is 6.11. The van der Waals surface area contributed by atoms with Crippen LogP contribution in [0, 0.1) is 0 Å². The molecule has 0 saturated carbocycles. The number of nitrogens with zero attached hydrogens (tertiary/aromatic N) is 6. The van der Waals surface area contributed by atoms with Crippen molar-refractivity contribution in [3.05, 3.63) is 72.3 Å². The second-order valence-corrected chi connectivity index (χ2v) is 10.3. The van der Waals surface area contributed by atoms with Crippen molar-refractivity contribution in [2.45, 2.75) is 52.3 Å². The summed E-state index contributed by atoms with van der Waals surface area (Å²) in [5, 5.41) is 8.03. The van der Waals surface area contributed by atoms with E-state index in [4.69, 9.17) is 9.47 Å². The zero-order valence-electron chi connectivity index (χ0n) is 25.1. The third kappa shape index (κ3) is 9.75. The van der Waals surface area contributed by atoms with Crippen LogP contribution in [0.25, 0.3) is 35.2 Å². The topological polar surface area (TPSA) is 123 Å². The molecule has 0 bridgehead atoms. The molecule has 0 radical (unpaired) electrons. The second-order valence-electron chi connectivity index (χ2n) is 10.3. The quantitative estimate of drug-likeness (QED) is 0.0806. The fraction of sp³-hybridized carbons (Fsp3) is 0.267. The molecule has 0 atom stereocenters. The predicted molar refractivity (Wildman–Crippen MR) is 154 cm³/mol. The van der Waals surface area contributed by atoms with Gasteiger partial charge in [0.15, 0.2) is 11.6 Å². The molecule has 11 nitrogen and oxygen atoms in total. The molecule has 4 aromatic rings. The van der Waals surface area contributed by atoms with Gasteiger partial charge < -0.3 is 14.2 Å². The number of hydrogen-bond acceptors (Lipinski definition) is 9. The molecular formula is C30H26F6N6O5. The molecule has 0 aliphatic heterocycles. The highest BCUT2D eigenvalue weighted by atomic mass is 19.4. The molecule has 0 saturated heterocycles. The molecule has 248 valence electrons. The van der Waals surface area contributed by atoms with Gasteiger partial charge in [-0.2, -0.15) is 26.3 Å². The molecule has 0 fully saturated rings. The van der Waals surface area contributed by atoms with Crippen LogP contribution in [0.1, 0.15) is 38.8 Å². The molecule has 0 N–H and O–H groups in total. The lowest BCUT2D eigenvalue weighted by Crippen LogP contribution is -2.09. The van der Waals surface area contributed by atoms with E-state index in [0.29, 0.717) is 0 Å². The summed E-state index contributed by atoms with van der Waals surface area (Å²) in [6.07, 6.45) is -4.07. The van der Waals surface area contributed by atoms with E-state index in [1.54, 1.807) is 27.7 Å². The van der Waals surface area contributed by atoms with Crippen LogP contribution in [0.3, 0.4) is 0 Å². The van der Waals surface area contributed by atoms with E-state index >= 15 is 0 Å². The van der Waals surface area contributed by atoms with E-state index in [1.165, 1.54) is 12.1 Å². The Morgan fingerprint density at radius 3 is 1.38 bits per heavy atom. The minimum atomic E-state index is -4.65. The maximum atomic E-state index is 13.4. The lowest BCUT2D eigenvalue weighted by molar-refractivity contribution is -0.152. The number of carbonyl (C=O) groups is 2. The molecule has 4 rings (SSSR count). The first kappa shape index (κ1) is 34.4. The summed E-state index contributed by atoms with van der Waals surface area (Å²) in [7, 11) is 0. The van der Waals surface area contributed by atoms with Crippen LogP contribution in [0.4, 0.5) is 26.3 Å². The highest BCUT2D eigenvalue weighted by Crippen LogP contribution is 2.36. The van der Waals surface area contributed by atoms with Crippen molar-refractivity contribution in [1.82, 2.24) is 29.5 Å². The standard InChI is InChI=1S/C30H26F6N6O5/c1-17(2)45-23-11-19(9-21(13-23)29(31,32)33)27-37-15-41(39-27)7-5-25(43)47-26(44)6-8-42-16-38-28(40-42)20-10-22(30(34,35)36)14-24(12-20)46-18(3)4/h5-18H,1-4H3. The van der Waals surface area contributed by atoms with Gasteiger partial charge >= 0.3 is 24.3 Å². The third-order valence-corrected chi connectivity index (χ3v) is 5.67. The van der Waals surface area contributed by atoms with Crippen LogP contribution in [0.15, 0.2) is 61.2 Å². The number of esters is 2. The van der Waals surface area contributed by atoms with Gasteiger partial charge in [0.05, 0.1) is 23.3 Å². The van der Waals surface area contributed by atoms with Gasteiger partial charge in [-0.05, 0) is 64.1 Å². The average molecular weight is 665 g/mol. The van der Waals surface area contributed by atoms with Crippen LogP contribution in [-0.4, -0.2) is 53.7 Å². The van der Waals surface area contributed by atoms with Crippen LogP contribution in [0.2, 0.25) is 0 Å². The van der Waals surface area contributed by atoms with Gasteiger partial charge in [0.2, 0.25) is 0 Å². The smallest absolute Gasteiger partial charge is 0.416 e. The summed E-state index contributed by atoms with van der Waals surface area (Å²) < 4.78 is 97.9. The van der Waals surface area contributed by atoms with Crippen LogP contribution in [-0.2, 0) is 26.7 Å². The minimum Gasteiger partial charge on any atom is -0.491 e. The Labute approximate surface area is 263 Å². The molecular weight excluding hydrogens is 638 g/mol. The normalized spacial score (nSPS) is 12.4. The van der Waals surface area contributed by atoms with E-state index in [0.717, 1.165) is 70.8 Å². The number of hydrogen-bond donors (Lipinski definition) is 0. The highest BCUT2D eigenvalue weighted by molar-refractivity contribution is 5.98. The lowest BCUT2D eigenvalue weighted by Gasteiger charge is -2.14. The van der Waals surface area contributed by atoms with Crippen molar-refractivity contribution in [3.63, 3.8) is 0 Å². The maximum Gasteiger partial charge on any atom is 0.416 e. The summed E-state index contributed by atoms with van der Waals surface area (Å²) in [5.74, 6) is -2.50. The molecule has 0 aliphatic rings. The molecule has 17 heteroatoms. The number of ether oxygens (including phenoxy) is 3. The molecule has 0 aliphatic carbocycles. The average Bonchev–Trinajstić information content (AvgIpc) is 3.63. The van der Waals surface area contributed by atoms with Crippen molar-refractivity contribution in [3.8, 4) is 34.3 Å². The van der Waals surface area contributed by atoms with Gasteiger partial charge in [0, 0.05) is 35.7 Å². The van der Waals surface area contributed by atoms with Crippen molar-refractivity contribution in [2.75, 3.05) is 0 Å². The van der Waals surface area contributed by atoms with E-state index in [9.17, 15) is 35.9 Å². The van der Waals surface area contributed by atoms with Gasteiger partial charge in [-0.15, -0.1) is 10.2 Å². The number of benzene rings is 2. The molecule has 2 aromatic carbocycles. The summed E-state index contributed by atoms with van der Waals surface area (Å²) in [4.78, 5) is 32.2. The van der Waals surface area contributed by atoms with E-state index < -0.39 is 35.4 Å². The predicted octanol–water partition coefficient (Wildman–Crippen LogP) is 6.53. The largest absolute Gasteiger partial charge is 0.491 e. The monoisotopic (exact) mass is 664 g/mol. The van der Waals surface area contributed by atoms with Crippen LogP contribution >= 0.6 is 0 Å². The minimum absolute atomic E-state index is 0.0131. The van der Waals surface area contributed by atoms with Crippen molar-refractivity contribution in [1.29, 1.82) is 0 Å². The van der Waals surface area contributed by atoms with Crippen LogP contribution in [0.5, 0.6) is 11.5 Å². The maximum absolute atomic E-state index is 13.4. The van der Waals surface area contributed by atoms with Gasteiger partial charge in [-0.25, -0.2) is 28.9 Å². The van der Waals surface area contributed by atoms with Gasteiger partial charge in [0.1, 0.15) is 24.2 Å². The third-order valence-electron chi connectivity index (χ3n) is 5.67. The lowest BCUT2D eigenvalue weighted by atomic mass is 10.1. The Hall–Kier alpha value is -5.48. The van der Waals surface area contributed by atoms with E-state index in [1.807, 2.05) is 0 Å². The number of carbonyl (C=O) groups excluding carboxylic acids is 2. The first-order chi connectivity index (χ1) is 22.0. The number of alkyl halides is 6. The summed E-state index contributed by atoms with van der Waals surface area (Å²) >= 11 is 0. The van der Waals surface area contributed by atoms with Gasteiger partial charge in [-0.3, -0.25) is 0 Å². The van der Waals surface area contributed by atoms with E-state index in [2.05, 4.69) is 24.9 Å². The Balaban J connectivity index is 1.40. The van der Waals surface area contributed by atoms with Crippen molar-refractivity contribution >= 4 is 24.3 Å². The van der Waals surface area contributed by atoms with Crippen LogP contribution < -0.4 is 9.47 Å². The molecule has 0 unspecified atom stereocenters. The fourth-order valence-electron chi connectivity index (χ4n) is 3.86. The van der Waals surface area contributed by atoms with Crippen molar-refractivity contribution < 1.29 is 50.1 Å². The Morgan fingerprint density at radius 2 is 1.04 bits per heavy atom. The first-order valence-electron chi connectivity index (χ1n) is 13.7. The molecule has 0 amide bonds. The fourth-order valence-corrected chi connectivity index (χ4v) is 3.86. The summed E-state index contributed by atoms with van der Waals surface area (Å²) in [5.41, 5.74) is -1.90. The van der Waals surface area contributed by atoms with Gasteiger partial charge in [0.25, 0.3) is 0 Å². The Bertz CT molecular complexity index is 1680.